The third-order valence-corrected chi connectivity index (χ3v) is 14.1. The molecule has 0 aromatic heterocycles. The zero-order chi connectivity index (χ0) is 54.4. The monoisotopic (exact) mass is 1030 g/mol. The van der Waals surface area contributed by atoms with Crippen LogP contribution in [-0.2, 0) is 19.2 Å². The molecule has 382 valence electrons. The van der Waals surface area contributed by atoms with Crippen LogP contribution in [0.5, 0.6) is 0 Å². The van der Waals surface area contributed by atoms with Crippen molar-refractivity contribution in [2.75, 3.05) is 9.80 Å². The molecular weight excluding hydrogens is 985 g/mol. The van der Waals surface area contributed by atoms with Crippen LogP contribution >= 0.6 is 0 Å². The second-order valence-corrected chi connectivity index (χ2v) is 19.2. The van der Waals surface area contributed by atoms with Gasteiger partial charge in [0.05, 0.1) is 22.3 Å². The summed E-state index contributed by atoms with van der Waals surface area (Å²) in [5, 5.41) is 1.47. The van der Waals surface area contributed by atoms with Gasteiger partial charge in [-0.05, 0) is 117 Å². The average Bonchev–Trinajstić information content (AvgIpc) is 3.94. The Labute approximate surface area is 464 Å². The first-order chi connectivity index (χ1) is 39.4. The van der Waals surface area contributed by atoms with E-state index in [1.165, 1.54) is 0 Å². The zero-order valence-corrected chi connectivity index (χ0v) is 43.3. The Morgan fingerprint density at radius 2 is 0.400 bits per heavy atom. The Balaban J connectivity index is 0.947. The van der Waals surface area contributed by atoms with Crippen LogP contribution in [-0.4, -0.2) is 33.6 Å². The number of nitrogens with zero attached hydrogens (tertiary/aromatic N) is 4. The normalized spacial score (nSPS) is 13.6. The molecule has 12 rings (SSSR count). The van der Waals surface area contributed by atoms with Crippen molar-refractivity contribution in [1.29, 1.82) is 0 Å². The van der Waals surface area contributed by atoms with Gasteiger partial charge in [-0.3, -0.25) is 19.2 Å². The van der Waals surface area contributed by atoms with E-state index in [2.05, 4.69) is 9.80 Å². The summed E-state index contributed by atoms with van der Waals surface area (Å²) >= 11 is 0. The maximum Gasteiger partial charge on any atom is 0.281 e. The Hall–Kier alpha value is -11.0. The average molecular weight is 1040 g/mol. The van der Waals surface area contributed by atoms with Crippen molar-refractivity contribution in [3.05, 3.63) is 324 Å². The van der Waals surface area contributed by atoms with Gasteiger partial charge in [0.2, 0.25) is 0 Å². The number of hydrazine groups is 1. The first-order valence-electron chi connectivity index (χ1n) is 26.3. The van der Waals surface area contributed by atoms with Crippen LogP contribution in [0.2, 0.25) is 0 Å². The lowest BCUT2D eigenvalue weighted by atomic mass is 9.95. The van der Waals surface area contributed by atoms with Gasteiger partial charge in [0.15, 0.2) is 0 Å². The molecule has 8 heteroatoms. The van der Waals surface area contributed by atoms with Gasteiger partial charge in [0.25, 0.3) is 23.6 Å². The van der Waals surface area contributed by atoms with Gasteiger partial charge < -0.3 is 9.80 Å². The standard InChI is InChI=1S/C72H50N4O4/c77-69-65(55-39-35-53(36-40-55)33-31-51-19-7-1-8-20-51)67(57-43-47-63(48-44-57)73(59-23-11-3-12-24-59)60-25-13-4-14-26-60)71(79)75(69)76-70(78)66(56-41-37-54(38-42-56)34-32-52-21-9-2-10-22-52)68(72(76)80)58-45-49-64(50-46-58)74(61-27-15-5-16-28-61)62-29-17-6-18-30-62/h1-50H. The maximum absolute atomic E-state index is 15.5. The summed E-state index contributed by atoms with van der Waals surface area (Å²) in [5.41, 5.74) is 11.1. The van der Waals surface area contributed by atoms with Gasteiger partial charge in [0.1, 0.15) is 0 Å². The molecule has 0 bridgehead atoms. The van der Waals surface area contributed by atoms with Crippen LogP contribution in [0, 0.1) is 0 Å². The van der Waals surface area contributed by atoms with E-state index in [1.807, 2.05) is 255 Å². The third-order valence-electron chi connectivity index (χ3n) is 14.1. The van der Waals surface area contributed by atoms with Gasteiger partial charge >= 0.3 is 0 Å². The highest BCUT2D eigenvalue weighted by molar-refractivity contribution is 6.54. The first-order valence-corrected chi connectivity index (χ1v) is 26.3. The van der Waals surface area contributed by atoms with Gasteiger partial charge in [-0.25, -0.2) is 0 Å². The lowest BCUT2D eigenvalue weighted by Crippen LogP contribution is -2.51. The van der Waals surface area contributed by atoms with Crippen molar-refractivity contribution in [3.8, 4) is 0 Å². The van der Waals surface area contributed by atoms with Crippen molar-refractivity contribution in [1.82, 2.24) is 10.0 Å². The first kappa shape index (κ1) is 49.9. The molecule has 0 fully saturated rings. The molecular formula is C72H50N4O4. The molecule has 4 amide bonds. The summed E-state index contributed by atoms with van der Waals surface area (Å²) in [6.45, 7) is 0. The summed E-state index contributed by atoms with van der Waals surface area (Å²) < 4.78 is 0. The minimum Gasteiger partial charge on any atom is -0.311 e. The lowest BCUT2D eigenvalue weighted by molar-refractivity contribution is -0.168. The number of carbonyl (C=O) groups excluding carboxylic acids is 4. The fraction of sp³-hybridized carbons (Fsp3) is 0. The van der Waals surface area contributed by atoms with E-state index in [0.717, 1.165) is 66.4 Å². The summed E-state index contributed by atoms with van der Waals surface area (Å²) in [6.07, 6.45) is 7.95. The predicted octanol–water partition coefficient (Wildman–Crippen LogP) is 16.1. The highest BCUT2D eigenvalue weighted by atomic mass is 16.2. The molecule has 0 saturated carbocycles. The van der Waals surface area contributed by atoms with Crippen LogP contribution in [0.25, 0.3) is 46.6 Å². The minimum absolute atomic E-state index is 0.0523. The van der Waals surface area contributed by atoms with Gasteiger partial charge in [0, 0.05) is 34.1 Å². The second-order valence-electron chi connectivity index (χ2n) is 19.2. The number of anilines is 6. The van der Waals surface area contributed by atoms with E-state index in [-0.39, 0.29) is 22.3 Å². The van der Waals surface area contributed by atoms with Crippen molar-refractivity contribution in [2.45, 2.75) is 0 Å². The molecule has 0 spiro atoms. The van der Waals surface area contributed by atoms with Crippen molar-refractivity contribution in [3.63, 3.8) is 0 Å². The fourth-order valence-electron chi connectivity index (χ4n) is 10.3. The Morgan fingerprint density at radius 1 is 0.212 bits per heavy atom. The molecule has 0 saturated heterocycles. The van der Waals surface area contributed by atoms with Gasteiger partial charge in [-0.1, -0.05) is 231 Å². The number of hydrogen-bond acceptors (Lipinski definition) is 6. The summed E-state index contributed by atoms with van der Waals surface area (Å²) in [4.78, 5) is 66.2. The molecule has 2 heterocycles. The Kier molecular flexibility index (Phi) is 13.9. The van der Waals surface area contributed by atoms with Crippen LogP contribution in [0.3, 0.4) is 0 Å². The van der Waals surface area contributed by atoms with Gasteiger partial charge in [-0.2, -0.15) is 10.0 Å². The van der Waals surface area contributed by atoms with E-state index < -0.39 is 23.6 Å². The van der Waals surface area contributed by atoms with Crippen molar-refractivity contribution < 1.29 is 19.2 Å². The summed E-state index contributed by atoms with van der Waals surface area (Å²) in [7, 11) is 0. The van der Waals surface area contributed by atoms with Crippen molar-refractivity contribution >= 4 is 104 Å². The molecule has 0 radical (unpaired) electrons. The molecule has 10 aromatic carbocycles. The smallest absolute Gasteiger partial charge is 0.281 e. The predicted molar refractivity (Wildman–Crippen MR) is 323 cm³/mol. The topological polar surface area (TPSA) is 81.2 Å². The molecule has 8 nitrogen and oxygen atoms in total. The van der Waals surface area contributed by atoms with E-state index in [4.69, 9.17) is 0 Å². The number of amides is 4. The summed E-state index contributed by atoms with van der Waals surface area (Å²) in [6, 6.07) is 89.2. The molecule has 10 aromatic rings. The quantitative estimate of drug-likeness (QED) is 0.0752. The van der Waals surface area contributed by atoms with E-state index >= 15 is 19.2 Å². The number of benzene rings is 10. The fourth-order valence-corrected chi connectivity index (χ4v) is 10.3. The van der Waals surface area contributed by atoms with Crippen LogP contribution in [0.4, 0.5) is 34.1 Å². The molecule has 80 heavy (non-hydrogen) atoms. The zero-order valence-electron chi connectivity index (χ0n) is 43.3. The second kappa shape index (κ2) is 22.3. The minimum atomic E-state index is -0.811. The van der Waals surface area contributed by atoms with E-state index in [1.54, 1.807) is 48.5 Å². The van der Waals surface area contributed by atoms with E-state index in [9.17, 15) is 0 Å². The maximum atomic E-state index is 15.5. The highest BCUT2D eigenvalue weighted by Crippen LogP contribution is 2.44. The number of imide groups is 2. The Morgan fingerprint density at radius 3 is 0.637 bits per heavy atom. The van der Waals surface area contributed by atoms with Crippen molar-refractivity contribution in [2.24, 2.45) is 0 Å². The van der Waals surface area contributed by atoms with E-state index in [0.29, 0.717) is 22.3 Å². The molecule has 0 N–H and O–H groups in total. The molecule has 0 aliphatic carbocycles. The molecule has 2 aliphatic heterocycles. The van der Waals surface area contributed by atoms with Crippen LogP contribution < -0.4 is 9.80 Å². The SMILES string of the molecule is O=C1C(c2ccc(C=Cc3ccccc3)cc2)=C(c2ccc(N(c3ccccc3)c3ccccc3)cc2)C(=O)N1N1C(=O)C(c2ccc(C=Cc3ccccc3)cc2)=C(c2ccc(N(c3ccccc3)c3ccccc3)cc2)C1=O. The summed E-state index contributed by atoms with van der Waals surface area (Å²) in [5.74, 6) is -3.24. The highest BCUT2D eigenvalue weighted by Gasteiger charge is 2.52. The number of hydrogen-bond donors (Lipinski definition) is 0. The molecule has 0 unspecified atom stereocenters. The van der Waals surface area contributed by atoms with Crippen LogP contribution in [0.15, 0.2) is 279 Å². The number of carbonyl (C=O) groups is 4. The Bertz CT molecular complexity index is 3670. The van der Waals surface area contributed by atoms with Gasteiger partial charge in [-0.15, -0.1) is 0 Å². The lowest BCUT2D eigenvalue weighted by Gasteiger charge is -2.26. The molecule has 2 aliphatic rings. The molecule has 0 atom stereocenters. The van der Waals surface area contributed by atoms with Crippen LogP contribution in [0.1, 0.15) is 44.5 Å². The number of para-hydroxylation sites is 4. The third kappa shape index (κ3) is 9.99. The number of rotatable bonds is 15. The largest absolute Gasteiger partial charge is 0.311 e.